The Bertz CT molecular complexity index is 512. The number of nitriles is 2. The molecule has 1 aromatic rings. The Labute approximate surface area is 101 Å². The van der Waals surface area contributed by atoms with Crippen molar-refractivity contribution in [2.75, 3.05) is 5.43 Å². The smallest absolute Gasteiger partial charge is 0.237 e. The minimum Gasteiger partial charge on any atom is -0.504 e. The zero-order valence-electron chi connectivity index (χ0n) is 7.70. The van der Waals surface area contributed by atoms with Gasteiger partial charge < -0.3 is 5.11 Å². The molecule has 1 aromatic carbocycles. The van der Waals surface area contributed by atoms with E-state index in [0.29, 0.717) is 0 Å². The summed E-state index contributed by atoms with van der Waals surface area (Å²) in [5, 5.41) is 30.1. The fraction of sp³-hybridized carbons (Fsp3) is 0. The van der Waals surface area contributed by atoms with Gasteiger partial charge in [-0.1, -0.05) is 23.2 Å². The lowest BCUT2D eigenvalue weighted by atomic mass is 10.3. The van der Waals surface area contributed by atoms with Gasteiger partial charge in [0.2, 0.25) is 5.71 Å². The van der Waals surface area contributed by atoms with Gasteiger partial charge >= 0.3 is 0 Å². The van der Waals surface area contributed by atoms with E-state index in [1.54, 1.807) is 12.1 Å². The summed E-state index contributed by atoms with van der Waals surface area (Å²) < 4.78 is 0. The highest BCUT2D eigenvalue weighted by Crippen LogP contribution is 2.34. The molecule has 5 nitrogen and oxygen atoms in total. The summed E-state index contributed by atoms with van der Waals surface area (Å²) in [4.78, 5) is 0. The van der Waals surface area contributed by atoms with Crippen LogP contribution in [0.2, 0.25) is 10.0 Å². The molecule has 0 aliphatic heterocycles. The Balaban J connectivity index is 3.05. The van der Waals surface area contributed by atoms with Crippen molar-refractivity contribution in [3.63, 3.8) is 0 Å². The highest BCUT2D eigenvalue weighted by molar-refractivity contribution is 6.36. The van der Waals surface area contributed by atoms with E-state index in [1.807, 2.05) is 0 Å². The molecule has 2 N–H and O–H groups in total. The van der Waals surface area contributed by atoms with E-state index in [-0.39, 0.29) is 27.2 Å². The second kappa shape index (κ2) is 5.22. The Morgan fingerprint density at radius 2 is 1.94 bits per heavy atom. The van der Waals surface area contributed by atoms with Crippen LogP contribution < -0.4 is 5.43 Å². The van der Waals surface area contributed by atoms with Crippen LogP contribution in [0.5, 0.6) is 5.75 Å². The van der Waals surface area contributed by atoms with Gasteiger partial charge in [0.25, 0.3) is 0 Å². The summed E-state index contributed by atoms with van der Waals surface area (Å²) in [6, 6.07) is 5.81. The first kappa shape index (κ1) is 12.1. The van der Waals surface area contributed by atoms with Gasteiger partial charge in [0.1, 0.15) is 17.8 Å². The zero-order chi connectivity index (χ0) is 12.1. The molecule has 0 heterocycles. The van der Waals surface area contributed by atoms with Crippen LogP contribution in [-0.2, 0) is 0 Å². The molecule has 0 aliphatic carbocycles. The van der Waals surface area contributed by atoms with E-state index in [2.05, 4.69) is 10.5 Å². The summed E-state index contributed by atoms with van der Waals surface area (Å²) in [7, 11) is 0. The molecule has 0 fully saturated rings. The molecule has 1 rings (SSSR count). The van der Waals surface area contributed by atoms with E-state index in [1.165, 1.54) is 12.1 Å². The second-order valence-electron chi connectivity index (χ2n) is 2.58. The Morgan fingerprint density at radius 1 is 1.31 bits per heavy atom. The number of hydrogen-bond acceptors (Lipinski definition) is 5. The summed E-state index contributed by atoms with van der Waals surface area (Å²) in [6.45, 7) is 0. The molecule has 0 radical (unpaired) electrons. The number of aromatic hydroxyl groups is 1. The van der Waals surface area contributed by atoms with Gasteiger partial charge in [-0.05, 0) is 12.1 Å². The predicted octanol–water partition coefficient (Wildman–Crippen LogP) is 2.51. The van der Waals surface area contributed by atoms with Crippen molar-refractivity contribution in [3.8, 4) is 17.9 Å². The molecule has 0 saturated carbocycles. The summed E-state index contributed by atoms with van der Waals surface area (Å²) in [5.41, 5.74) is 2.05. The molecule has 0 bridgehead atoms. The molecule has 0 aliphatic rings. The summed E-state index contributed by atoms with van der Waals surface area (Å²) in [6.07, 6.45) is 0. The third-order valence-electron chi connectivity index (χ3n) is 1.53. The Kier molecular flexibility index (Phi) is 3.96. The molecule has 16 heavy (non-hydrogen) atoms. The SMILES string of the molecule is N#CC(C#N)=NNc1cc(Cl)cc(Cl)c1O. The number of phenols is 1. The van der Waals surface area contributed by atoms with Crippen LogP contribution in [0.15, 0.2) is 17.2 Å². The van der Waals surface area contributed by atoms with Crippen molar-refractivity contribution in [2.24, 2.45) is 5.10 Å². The highest BCUT2D eigenvalue weighted by Gasteiger charge is 2.07. The minimum atomic E-state index is -0.379. The van der Waals surface area contributed by atoms with Gasteiger partial charge in [-0.2, -0.15) is 15.6 Å². The molecule has 0 aromatic heterocycles. The van der Waals surface area contributed by atoms with Crippen LogP contribution >= 0.6 is 23.2 Å². The average Bonchev–Trinajstić information content (AvgIpc) is 2.26. The molecule has 0 amide bonds. The normalized spacial score (nSPS) is 8.75. The first-order chi connectivity index (χ1) is 7.58. The van der Waals surface area contributed by atoms with Crippen LogP contribution in [0.3, 0.4) is 0 Å². The number of hydrogen-bond donors (Lipinski definition) is 2. The quantitative estimate of drug-likeness (QED) is 0.482. The average molecular weight is 255 g/mol. The molecule has 0 spiro atoms. The summed E-state index contributed by atoms with van der Waals surface area (Å²) in [5.74, 6) is -0.259. The number of halogens is 2. The monoisotopic (exact) mass is 254 g/mol. The molecule has 7 heteroatoms. The first-order valence-corrected chi connectivity index (χ1v) is 4.66. The predicted molar refractivity (Wildman–Crippen MR) is 60.4 cm³/mol. The molecule has 0 saturated heterocycles. The van der Waals surface area contributed by atoms with Gasteiger partial charge in [-0.15, -0.1) is 0 Å². The maximum Gasteiger partial charge on any atom is 0.237 e. The zero-order valence-corrected chi connectivity index (χ0v) is 9.21. The van der Waals surface area contributed by atoms with Crippen LogP contribution in [0.4, 0.5) is 5.69 Å². The van der Waals surface area contributed by atoms with Crippen molar-refractivity contribution in [2.45, 2.75) is 0 Å². The lowest BCUT2D eigenvalue weighted by Gasteiger charge is -2.05. The maximum atomic E-state index is 9.49. The molecular weight excluding hydrogens is 251 g/mol. The maximum absolute atomic E-state index is 9.49. The molecule has 0 atom stereocenters. The van der Waals surface area contributed by atoms with Gasteiger partial charge in [0.05, 0.1) is 5.02 Å². The minimum absolute atomic E-state index is 0.0423. The number of phenolic OH excluding ortho intramolecular Hbond substituents is 1. The fourth-order valence-electron chi connectivity index (χ4n) is 0.842. The molecule has 0 unspecified atom stereocenters. The Morgan fingerprint density at radius 3 is 2.50 bits per heavy atom. The van der Waals surface area contributed by atoms with Crippen LogP contribution in [0.1, 0.15) is 0 Å². The third-order valence-corrected chi connectivity index (χ3v) is 2.03. The number of hydrazone groups is 1. The first-order valence-electron chi connectivity index (χ1n) is 3.90. The van der Waals surface area contributed by atoms with Gasteiger partial charge in [-0.25, -0.2) is 0 Å². The lowest BCUT2D eigenvalue weighted by Crippen LogP contribution is -1.96. The third kappa shape index (κ3) is 2.77. The topological polar surface area (TPSA) is 92.2 Å². The van der Waals surface area contributed by atoms with E-state index < -0.39 is 0 Å². The van der Waals surface area contributed by atoms with Crippen molar-refractivity contribution in [1.29, 1.82) is 10.5 Å². The van der Waals surface area contributed by atoms with Crippen molar-refractivity contribution in [1.82, 2.24) is 0 Å². The van der Waals surface area contributed by atoms with E-state index in [4.69, 9.17) is 33.7 Å². The van der Waals surface area contributed by atoms with Crippen molar-refractivity contribution >= 4 is 34.6 Å². The van der Waals surface area contributed by atoms with Crippen molar-refractivity contribution in [3.05, 3.63) is 22.2 Å². The number of rotatable bonds is 2. The van der Waals surface area contributed by atoms with Gasteiger partial charge in [0.15, 0.2) is 5.75 Å². The molecule has 80 valence electrons. The van der Waals surface area contributed by atoms with Gasteiger partial charge in [0, 0.05) is 5.02 Å². The van der Waals surface area contributed by atoms with E-state index >= 15 is 0 Å². The lowest BCUT2D eigenvalue weighted by molar-refractivity contribution is 0.477. The largest absolute Gasteiger partial charge is 0.504 e. The van der Waals surface area contributed by atoms with Crippen LogP contribution in [0.25, 0.3) is 0 Å². The van der Waals surface area contributed by atoms with E-state index in [0.717, 1.165) is 0 Å². The van der Waals surface area contributed by atoms with E-state index in [9.17, 15) is 5.11 Å². The highest BCUT2D eigenvalue weighted by atomic mass is 35.5. The van der Waals surface area contributed by atoms with Gasteiger partial charge in [-0.3, -0.25) is 5.43 Å². The number of nitrogens with zero attached hydrogens (tertiary/aromatic N) is 3. The number of nitrogens with one attached hydrogen (secondary N) is 1. The molecular formula is C9H4Cl2N4O. The second-order valence-corrected chi connectivity index (χ2v) is 3.42. The Hall–Kier alpha value is -1.95. The fourth-order valence-corrected chi connectivity index (χ4v) is 1.34. The van der Waals surface area contributed by atoms with Crippen LogP contribution in [0, 0.1) is 22.7 Å². The van der Waals surface area contributed by atoms with Crippen molar-refractivity contribution < 1.29 is 5.11 Å². The number of benzene rings is 1. The van der Waals surface area contributed by atoms with Crippen LogP contribution in [-0.4, -0.2) is 10.8 Å². The standard InChI is InChI=1S/C9H4Cl2N4O/c10-5-1-7(11)9(16)8(2-5)15-14-6(3-12)4-13/h1-2,15-16H. The summed E-state index contributed by atoms with van der Waals surface area (Å²) >= 11 is 11.3. The number of anilines is 1.